The SMILES string of the molecule is CC(C)C(C)C.CC(C)Cc1ccccc1. The normalized spacial score (nSPS) is 10.6. The molecule has 0 amide bonds. The molecule has 0 bridgehead atoms. The minimum absolute atomic E-state index is 0.766. The molecule has 0 saturated carbocycles. The van der Waals surface area contributed by atoms with Gasteiger partial charge in [0.25, 0.3) is 0 Å². The van der Waals surface area contributed by atoms with Crippen molar-refractivity contribution in [1.29, 1.82) is 0 Å². The summed E-state index contributed by atoms with van der Waals surface area (Å²) in [6.07, 6.45) is 1.20. The molecule has 0 heterocycles. The molecular formula is C16H28. The minimum Gasteiger partial charge on any atom is -0.0625 e. The van der Waals surface area contributed by atoms with Crippen LogP contribution in [0.3, 0.4) is 0 Å². The van der Waals surface area contributed by atoms with Crippen molar-refractivity contribution in [2.75, 3.05) is 0 Å². The van der Waals surface area contributed by atoms with Gasteiger partial charge in [0.1, 0.15) is 0 Å². The maximum atomic E-state index is 2.24. The Morgan fingerprint density at radius 1 is 0.750 bits per heavy atom. The quantitative estimate of drug-likeness (QED) is 0.658. The molecule has 92 valence electrons. The van der Waals surface area contributed by atoms with Gasteiger partial charge in [-0.15, -0.1) is 0 Å². The summed E-state index contributed by atoms with van der Waals surface area (Å²) in [4.78, 5) is 0. The van der Waals surface area contributed by atoms with Crippen molar-refractivity contribution in [1.82, 2.24) is 0 Å². The van der Waals surface area contributed by atoms with Crippen LogP contribution < -0.4 is 0 Å². The van der Waals surface area contributed by atoms with Gasteiger partial charge in [0, 0.05) is 0 Å². The van der Waals surface area contributed by atoms with Crippen molar-refractivity contribution in [3.8, 4) is 0 Å². The highest BCUT2D eigenvalue weighted by Gasteiger charge is 1.95. The Morgan fingerprint density at radius 3 is 1.50 bits per heavy atom. The molecule has 0 aliphatic carbocycles. The van der Waals surface area contributed by atoms with E-state index in [0.717, 1.165) is 17.8 Å². The monoisotopic (exact) mass is 220 g/mol. The third kappa shape index (κ3) is 8.52. The summed E-state index contributed by atoms with van der Waals surface area (Å²) in [6.45, 7) is 13.4. The van der Waals surface area contributed by atoms with E-state index in [9.17, 15) is 0 Å². The minimum atomic E-state index is 0.766. The van der Waals surface area contributed by atoms with E-state index in [1.165, 1.54) is 12.0 Å². The molecule has 0 aliphatic heterocycles. The molecule has 0 unspecified atom stereocenters. The highest BCUT2D eigenvalue weighted by molar-refractivity contribution is 5.14. The largest absolute Gasteiger partial charge is 0.0625 e. The molecule has 0 nitrogen and oxygen atoms in total. The first-order chi connectivity index (χ1) is 7.43. The first kappa shape index (κ1) is 15.2. The van der Waals surface area contributed by atoms with Gasteiger partial charge < -0.3 is 0 Å². The molecule has 0 atom stereocenters. The lowest BCUT2D eigenvalue weighted by atomic mass is 10.0. The fourth-order valence-corrected chi connectivity index (χ4v) is 1.09. The first-order valence-corrected chi connectivity index (χ1v) is 6.47. The Bertz CT molecular complexity index is 238. The van der Waals surface area contributed by atoms with E-state index >= 15 is 0 Å². The molecule has 0 aliphatic rings. The molecule has 1 rings (SSSR count). The van der Waals surface area contributed by atoms with E-state index in [0.29, 0.717) is 0 Å². The van der Waals surface area contributed by atoms with E-state index in [2.05, 4.69) is 71.9 Å². The summed E-state index contributed by atoms with van der Waals surface area (Å²) in [5.41, 5.74) is 1.44. The number of benzene rings is 1. The van der Waals surface area contributed by atoms with Crippen LogP contribution >= 0.6 is 0 Å². The summed E-state index contributed by atoms with van der Waals surface area (Å²) >= 11 is 0. The van der Waals surface area contributed by atoms with Gasteiger partial charge in [-0.25, -0.2) is 0 Å². The maximum absolute atomic E-state index is 2.24. The summed E-state index contributed by atoms with van der Waals surface area (Å²) in [6, 6.07) is 10.6. The summed E-state index contributed by atoms with van der Waals surface area (Å²) in [5.74, 6) is 2.47. The third-order valence-electron chi connectivity index (χ3n) is 2.82. The van der Waals surface area contributed by atoms with E-state index in [1.54, 1.807) is 0 Å². The Balaban J connectivity index is 0.000000325. The van der Waals surface area contributed by atoms with Gasteiger partial charge in [-0.1, -0.05) is 71.9 Å². The number of hydrogen-bond acceptors (Lipinski definition) is 0. The molecule has 0 N–H and O–H groups in total. The fourth-order valence-electron chi connectivity index (χ4n) is 1.09. The summed E-state index contributed by atoms with van der Waals surface area (Å²) in [5, 5.41) is 0. The van der Waals surface area contributed by atoms with Crippen molar-refractivity contribution in [2.24, 2.45) is 17.8 Å². The predicted molar refractivity (Wildman–Crippen MR) is 74.7 cm³/mol. The lowest BCUT2D eigenvalue weighted by Gasteiger charge is -2.05. The Hall–Kier alpha value is -0.780. The highest BCUT2D eigenvalue weighted by atomic mass is 14.0. The fraction of sp³-hybridized carbons (Fsp3) is 0.625. The lowest BCUT2D eigenvalue weighted by Crippen LogP contribution is -1.95. The van der Waals surface area contributed by atoms with Crippen LogP contribution in [0.4, 0.5) is 0 Å². The molecule has 1 aromatic rings. The zero-order valence-corrected chi connectivity index (χ0v) is 11.8. The second-order valence-electron chi connectivity index (χ2n) is 5.57. The van der Waals surface area contributed by atoms with Gasteiger partial charge in [-0.3, -0.25) is 0 Å². The van der Waals surface area contributed by atoms with Gasteiger partial charge in [0.2, 0.25) is 0 Å². The Morgan fingerprint density at radius 2 is 1.19 bits per heavy atom. The Labute approximate surface area is 102 Å². The topological polar surface area (TPSA) is 0 Å². The van der Waals surface area contributed by atoms with E-state index in [4.69, 9.17) is 0 Å². The summed E-state index contributed by atoms with van der Waals surface area (Å²) in [7, 11) is 0. The number of hydrogen-bond donors (Lipinski definition) is 0. The second kappa shape index (κ2) is 8.38. The molecule has 0 aromatic heterocycles. The van der Waals surface area contributed by atoms with Crippen molar-refractivity contribution in [2.45, 2.75) is 48.0 Å². The van der Waals surface area contributed by atoms with E-state index < -0.39 is 0 Å². The lowest BCUT2D eigenvalue weighted by molar-refractivity contribution is 0.457. The molecule has 16 heavy (non-hydrogen) atoms. The van der Waals surface area contributed by atoms with Crippen LogP contribution in [0.5, 0.6) is 0 Å². The molecule has 0 spiro atoms. The molecule has 0 radical (unpaired) electrons. The molecular weight excluding hydrogens is 192 g/mol. The van der Waals surface area contributed by atoms with Gasteiger partial charge in [0.15, 0.2) is 0 Å². The van der Waals surface area contributed by atoms with E-state index in [1.807, 2.05) is 0 Å². The molecule has 0 heteroatoms. The van der Waals surface area contributed by atoms with Crippen LogP contribution in [0.2, 0.25) is 0 Å². The van der Waals surface area contributed by atoms with Crippen molar-refractivity contribution >= 4 is 0 Å². The average molecular weight is 220 g/mol. The van der Waals surface area contributed by atoms with Crippen LogP contribution in [0.1, 0.15) is 47.1 Å². The highest BCUT2D eigenvalue weighted by Crippen LogP contribution is 2.06. The predicted octanol–water partition coefficient (Wildman–Crippen LogP) is 5.18. The average Bonchev–Trinajstić information content (AvgIpc) is 2.19. The zero-order chi connectivity index (χ0) is 12.6. The first-order valence-electron chi connectivity index (χ1n) is 6.47. The van der Waals surface area contributed by atoms with Crippen LogP contribution in [0.25, 0.3) is 0 Å². The van der Waals surface area contributed by atoms with Crippen LogP contribution in [-0.2, 0) is 6.42 Å². The van der Waals surface area contributed by atoms with Gasteiger partial charge in [-0.2, -0.15) is 0 Å². The summed E-state index contributed by atoms with van der Waals surface area (Å²) < 4.78 is 0. The van der Waals surface area contributed by atoms with E-state index in [-0.39, 0.29) is 0 Å². The van der Waals surface area contributed by atoms with Crippen LogP contribution in [0.15, 0.2) is 30.3 Å². The molecule has 1 aromatic carbocycles. The second-order valence-corrected chi connectivity index (χ2v) is 5.57. The van der Waals surface area contributed by atoms with Gasteiger partial charge in [0.05, 0.1) is 0 Å². The standard InChI is InChI=1S/C10H14.C6H14/c1-9(2)8-10-6-4-3-5-7-10;1-5(2)6(3)4/h3-7,9H,8H2,1-2H3;5-6H,1-4H3. The number of rotatable bonds is 3. The Kier molecular flexibility index (Phi) is 7.97. The van der Waals surface area contributed by atoms with Gasteiger partial charge in [-0.05, 0) is 29.7 Å². The van der Waals surface area contributed by atoms with Crippen molar-refractivity contribution in [3.05, 3.63) is 35.9 Å². The maximum Gasteiger partial charge on any atom is -0.0256 e. The molecule has 0 fully saturated rings. The van der Waals surface area contributed by atoms with Crippen molar-refractivity contribution in [3.63, 3.8) is 0 Å². The van der Waals surface area contributed by atoms with Crippen LogP contribution in [0, 0.1) is 17.8 Å². The van der Waals surface area contributed by atoms with Crippen LogP contribution in [-0.4, -0.2) is 0 Å². The molecule has 0 saturated heterocycles. The zero-order valence-electron chi connectivity index (χ0n) is 11.8. The van der Waals surface area contributed by atoms with Crippen molar-refractivity contribution < 1.29 is 0 Å². The third-order valence-corrected chi connectivity index (χ3v) is 2.82. The van der Waals surface area contributed by atoms with Gasteiger partial charge >= 0.3 is 0 Å². The smallest absolute Gasteiger partial charge is 0.0256 e.